The van der Waals surface area contributed by atoms with Gasteiger partial charge in [-0.2, -0.15) is 0 Å². The van der Waals surface area contributed by atoms with Gasteiger partial charge in [0.15, 0.2) is 0 Å². The predicted octanol–water partition coefficient (Wildman–Crippen LogP) is 3.10. The lowest BCUT2D eigenvalue weighted by atomic mass is 9.74. The lowest BCUT2D eigenvalue weighted by Gasteiger charge is -2.36. The minimum Gasteiger partial charge on any atom is -0.396 e. The van der Waals surface area contributed by atoms with Crippen molar-refractivity contribution in [2.24, 2.45) is 5.41 Å². The van der Waals surface area contributed by atoms with Crippen LogP contribution in [0.4, 0.5) is 5.82 Å². The molecule has 0 atom stereocenters. The van der Waals surface area contributed by atoms with Gasteiger partial charge in [-0.15, -0.1) is 0 Å². The monoisotopic (exact) mass is 289 g/mol. The summed E-state index contributed by atoms with van der Waals surface area (Å²) in [5, 5.41) is 13.4. The smallest absolute Gasteiger partial charge is 0.132 e. The van der Waals surface area contributed by atoms with Crippen LogP contribution < -0.4 is 5.32 Å². The molecule has 4 nitrogen and oxygen atoms in total. The summed E-state index contributed by atoms with van der Waals surface area (Å²) in [7, 11) is 0. The molecule has 1 heterocycles. The minimum atomic E-state index is 0.0564. The standard InChI is InChI=1S/C17H27N3O/c21-12-17(9-5-2-6-10-17)11-18-16-14-7-3-1-4-8-15(14)19-13-20-16/h13,21H,1-12H2,(H,18,19,20). The number of aliphatic hydroxyl groups is 1. The first-order chi connectivity index (χ1) is 10.3. The van der Waals surface area contributed by atoms with Gasteiger partial charge in [-0.25, -0.2) is 9.97 Å². The Bertz CT molecular complexity index is 469. The molecule has 0 amide bonds. The number of aryl methyl sites for hydroxylation is 1. The lowest BCUT2D eigenvalue weighted by Crippen LogP contribution is -2.36. The molecule has 21 heavy (non-hydrogen) atoms. The molecule has 0 bridgehead atoms. The summed E-state index contributed by atoms with van der Waals surface area (Å²) < 4.78 is 0. The van der Waals surface area contributed by atoms with E-state index in [0.29, 0.717) is 0 Å². The number of anilines is 1. The van der Waals surface area contributed by atoms with E-state index >= 15 is 0 Å². The molecular weight excluding hydrogens is 262 g/mol. The Morgan fingerprint density at radius 1 is 1.00 bits per heavy atom. The Kier molecular flexibility index (Phi) is 4.73. The van der Waals surface area contributed by atoms with Crippen molar-refractivity contribution in [3.05, 3.63) is 17.6 Å². The number of aromatic nitrogens is 2. The Morgan fingerprint density at radius 2 is 1.76 bits per heavy atom. The molecule has 1 aromatic heterocycles. The maximum Gasteiger partial charge on any atom is 0.132 e. The summed E-state index contributed by atoms with van der Waals surface area (Å²) in [4.78, 5) is 8.95. The zero-order chi connectivity index (χ0) is 14.5. The molecule has 0 aromatic carbocycles. The van der Waals surface area contributed by atoms with Gasteiger partial charge in [0, 0.05) is 23.2 Å². The van der Waals surface area contributed by atoms with Gasteiger partial charge >= 0.3 is 0 Å². The number of nitrogens with zero attached hydrogens (tertiary/aromatic N) is 2. The van der Waals surface area contributed by atoms with Crippen molar-refractivity contribution >= 4 is 5.82 Å². The number of fused-ring (bicyclic) bond motifs is 1. The zero-order valence-electron chi connectivity index (χ0n) is 12.9. The molecule has 0 aliphatic heterocycles. The number of hydrogen-bond donors (Lipinski definition) is 2. The van der Waals surface area contributed by atoms with Crippen LogP contribution in [0, 0.1) is 5.41 Å². The molecule has 2 aliphatic rings. The predicted molar refractivity (Wildman–Crippen MR) is 84.4 cm³/mol. The van der Waals surface area contributed by atoms with Crippen LogP contribution in [0.1, 0.15) is 62.6 Å². The second-order valence-corrected chi connectivity index (χ2v) is 6.78. The summed E-state index contributed by atoms with van der Waals surface area (Å²) in [6.07, 6.45) is 13.7. The van der Waals surface area contributed by atoms with Crippen LogP contribution in [0.25, 0.3) is 0 Å². The highest BCUT2D eigenvalue weighted by atomic mass is 16.3. The molecule has 2 aliphatic carbocycles. The molecule has 0 radical (unpaired) electrons. The van der Waals surface area contributed by atoms with E-state index in [9.17, 15) is 5.11 Å². The van der Waals surface area contributed by atoms with Crippen LogP contribution >= 0.6 is 0 Å². The minimum absolute atomic E-state index is 0.0564. The quantitative estimate of drug-likeness (QED) is 0.836. The van der Waals surface area contributed by atoms with Gasteiger partial charge < -0.3 is 10.4 Å². The van der Waals surface area contributed by atoms with Gasteiger partial charge in [-0.05, 0) is 38.5 Å². The number of aliphatic hydroxyl groups excluding tert-OH is 1. The second kappa shape index (κ2) is 6.73. The zero-order valence-corrected chi connectivity index (χ0v) is 12.9. The summed E-state index contributed by atoms with van der Waals surface area (Å²) in [5.41, 5.74) is 2.60. The van der Waals surface area contributed by atoms with Crippen LogP contribution in [-0.4, -0.2) is 28.2 Å². The van der Waals surface area contributed by atoms with Crippen molar-refractivity contribution in [3.8, 4) is 0 Å². The number of hydrogen-bond acceptors (Lipinski definition) is 4. The molecular formula is C17H27N3O. The molecule has 4 heteroatoms. The number of rotatable bonds is 4. The first kappa shape index (κ1) is 14.8. The summed E-state index contributed by atoms with van der Waals surface area (Å²) in [6.45, 7) is 1.13. The average molecular weight is 289 g/mol. The highest BCUT2D eigenvalue weighted by molar-refractivity contribution is 5.46. The highest BCUT2D eigenvalue weighted by Crippen LogP contribution is 2.36. The molecule has 1 aromatic rings. The van der Waals surface area contributed by atoms with Crippen LogP contribution in [0.3, 0.4) is 0 Å². The SMILES string of the molecule is OCC1(CNc2ncnc3c2CCCCC3)CCCCC1. The van der Waals surface area contributed by atoms with Crippen molar-refractivity contribution < 1.29 is 5.11 Å². The average Bonchev–Trinajstić information content (AvgIpc) is 2.79. The van der Waals surface area contributed by atoms with E-state index in [1.807, 2.05) is 0 Å². The molecule has 1 fully saturated rings. The van der Waals surface area contributed by atoms with Crippen molar-refractivity contribution in [2.45, 2.75) is 64.2 Å². The second-order valence-electron chi connectivity index (χ2n) is 6.78. The van der Waals surface area contributed by atoms with Crippen molar-refractivity contribution in [3.63, 3.8) is 0 Å². The van der Waals surface area contributed by atoms with Gasteiger partial charge in [0.2, 0.25) is 0 Å². The molecule has 116 valence electrons. The fourth-order valence-corrected chi connectivity index (χ4v) is 3.81. The third-order valence-electron chi connectivity index (χ3n) is 5.26. The maximum atomic E-state index is 9.83. The van der Waals surface area contributed by atoms with Gasteiger partial charge in [0.1, 0.15) is 12.1 Å². The topological polar surface area (TPSA) is 58.0 Å². The Labute approximate surface area is 127 Å². The maximum absolute atomic E-state index is 9.83. The molecule has 0 spiro atoms. The van der Waals surface area contributed by atoms with Crippen molar-refractivity contribution in [2.75, 3.05) is 18.5 Å². The summed E-state index contributed by atoms with van der Waals surface area (Å²) >= 11 is 0. The number of nitrogens with one attached hydrogen (secondary N) is 1. The van der Waals surface area contributed by atoms with Gasteiger partial charge in [0.25, 0.3) is 0 Å². The Balaban J connectivity index is 1.72. The first-order valence-electron chi connectivity index (χ1n) is 8.50. The van der Waals surface area contributed by atoms with E-state index in [1.165, 1.54) is 49.8 Å². The largest absolute Gasteiger partial charge is 0.396 e. The van der Waals surface area contributed by atoms with E-state index in [2.05, 4.69) is 15.3 Å². The van der Waals surface area contributed by atoms with E-state index in [-0.39, 0.29) is 12.0 Å². The van der Waals surface area contributed by atoms with E-state index in [4.69, 9.17) is 0 Å². The molecule has 1 saturated carbocycles. The van der Waals surface area contributed by atoms with Crippen LogP contribution in [0.5, 0.6) is 0 Å². The van der Waals surface area contributed by atoms with E-state index in [0.717, 1.165) is 38.0 Å². The molecule has 3 rings (SSSR count). The van der Waals surface area contributed by atoms with E-state index < -0.39 is 0 Å². The molecule has 0 unspecified atom stereocenters. The fourth-order valence-electron chi connectivity index (χ4n) is 3.81. The van der Waals surface area contributed by atoms with Gasteiger partial charge in [0.05, 0.1) is 6.61 Å². The van der Waals surface area contributed by atoms with Crippen LogP contribution in [0.2, 0.25) is 0 Å². The third kappa shape index (κ3) is 3.37. The summed E-state index contributed by atoms with van der Waals surface area (Å²) in [6, 6.07) is 0. The molecule has 0 saturated heterocycles. The molecule has 2 N–H and O–H groups in total. The fraction of sp³-hybridized carbons (Fsp3) is 0.765. The normalized spacial score (nSPS) is 21.4. The van der Waals surface area contributed by atoms with E-state index in [1.54, 1.807) is 6.33 Å². The summed E-state index contributed by atoms with van der Waals surface area (Å²) in [5.74, 6) is 1.01. The first-order valence-corrected chi connectivity index (χ1v) is 8.50. The van der Waals surface area contributed by atoms with Gasteiger partial charge in [-0.1, -0.05) is 25.7 Å². The van der Waals surface area contributed by atoms with Crippen LogP contribution in [-0.2, 0) is 12.8 Å². The Morgan fingerprint density at radius 3 is 2.57 bits per heavy atom. The van der Waals surface area contributed by atoms with Crippen molar-refractivity contribution in [1.29, 1.82) is 0 Å². The van der Waals surface area contributed by atoms with Crippen LogP contribution in [0.15, 0.2) is 6.33 Å². The lowest BCUT2D eigenvalue weighted by molar-refractivity contribution is 0.0943. The van der Waals surface area contributed by atoms with Gasteiger partial charge in [-0.3, -0.25) is 0 Å². The van der Waals surface area contributed by atoms with Crippen molar-refractivity contribution in [1.82, 2.24) is 9.97 Å². The third-order valence-corrected chi connectivity index (χ3v) is 5.26. The highest BCUT2D eigenvalue weighted by Gasteiger charge is 2.31. The Hall–Kier alpha value is -1.16.